The van der Waals surface area contributed by atoms with Crippen LogP contribution in [0.1, 0.15) is 45.5 Å². The number of aromatic nitrogens is 1. The molecular weight excluding hydrogens is 428 g/mol. The average molecular weight is 453 g/mol. The molecule has 0 N–H and O–H groups in total. The molecule has 1 aliphatic rings. The molecule has 0 bridgehead atoms. The minimum Gasteiger partial charge on any atom is -0.465 e. The van der Waals surface area contributed by atoms with E-state index in [1.165, 1.54) is 4.90 Å². The van der Waals surface area contributed by atoms with E-state index in [4.69, 9.17) is 14.1 Å². The third kappa shape index (κ3) is 3.99. The van der Waals surface area contributed by atoms with E-state index in [0.29, 0.717) is 23.1 Å². The highest BCUT2D eigenvalue weighted by Crippen LogP contribution is 2.38. The summed E-state index contributed by atoms with van der Waals surface area (Å²) in [6.07, 6.45) is 3.95. The lowest BCUT2D eigenvalue weighted by Gasteiger charge is -2.22. The van der Waals surface area contributed by atoms with Crippen LogP contribution in [-0.4, -0.2) is 35.9 Å². The fraction of sp³-hybridized carbons (Fsp3) is 0.179. The quantitative estimate of drug-likeness (QED) is 0.384. The van der Waals surface area contributed by atoms with Crippen LogP contribution in [0.15, 0.2) is 77.4 Å². The molecule has 1 aliphatic carbocycles. The SMILES string of the molecule is CN(C)C(=O)C(OC(=O)c1c2c(nc3ccccc13)/C(=C/c1ccco1)CC2)c1ccccc1. The first kappa shape index (κ1) is 21.6. The summed E-state index contributed by atoms with van der Waals surface area (Å²) < 4.78 is 11.4. The predicted octanol–water partition coefficient (Wildman–Crippen LogP) is 5.30. The molecule has 2 heterocycles. The summed E-state index contributed by atoms with van der Waals surface area (Å²) in [5, 5.41) is 0.717. The number of amides is 1. The zero-order valence-corrected chi connectivity index (χ0v) is 19.0. The summed E-state index contributed by atoms with van der Waals surface area (Å²) in [5.74, 6) is -0.0891. The highest BCUT2D eigenvalue weighted by molar-refractivity contribution is 6.07. The van der Waals surface area contributed by atoms with Crippen molar-refractivity contribution in [2.75, 3.05) is 14.1 Å². The second-order valence-electron chi connectivity index (χ2n) is 8.44. The third-order valence-corrected chi connectivity index (χ3v) is 6.00. The summed E-state index contributed by atoms with van der Waals surface area (Å²) in [4.78, 5) is 33.0. The largest absolute Gasteiger partial charge is 0.465 e. The number of esters is 1. The van der Waals surface area contributed by atoms with Gasteiger partial charge in [0.05, 0.1) is 23.0 Å². The maximum absolute atomic E-state index is 13.7. The molecule has 2 aromatic carbocycles. The van der Waals surface area contributed by atoms with E-state index in [-0.39, 0.29) is 5.91 Å². The van der Waals surface area contributed by atoms with Crippen molar-refractivity contribution in [3.8, 4) is 0 Å². The number of rotatable bonds is 5. The van der Waals surface area contributed by atoms with Gasteiger partial charge in [0.25, 0.3) is 5.91 Å². The van der Waals surface area contributed by atoms with Crippen LogP contribution in [-0.2, 0) is 16.0 Å². The maximum atomic E-state index is 13.7. The number of para-hydroxylation sites is 1. The van der Waals surface area contributed by atoms with Crippen LogP contribution >= 0.6 is 0 Å². The molecule has 1 unspecified atom stereocenters. The maximum Gasteiger partial charge on any atom is 0.340 e. The van der Waals surface area contributed by atoms with Gasteiger partial charge in [-0.15, -0.1) is 0 Å². The van der Waals surface area contributed by atoms with Gasteiger partial charge in [0.1, 0.15) is 5.76 Å². The first-order valence-corrected chi connectivity index (χ1v) is 11.2. The minimum atomic E-state index is -1.04. The van der Waals surface area contributed by atoms with Crippen LogP contribution in [0.2, 0.25) is 0 Å². The average Bonchev–Trinajstić information content (AvgIpc) is 3.51. The number of fused-ring (bicyclic) bond motifs is 2. The molecule has 2 aromatic heterocycles. The van der Waals surface area contributed by atoms with Crippen molar-refractivity contribution in [3.63, 3.8) is 0 Å². The molecule has 4 aromatic rings. The molecule has 0 fully saturated rings. The number of pyridine rings is 1. The number of likely N-dealkylation sites (N-methyl/N-ethyl adjacent to an activating group) is 1. The number of ether oxygens (including phenoxy) is 1. The number of benzene rings is 2. The number of furan rings is 1. The van der Waals surface area contributed by atoms with E-state index in [0.717, 1.165) is 34.4 Å². The molecule has 0 spiro atoms. The molecular formula is C28H24N2O4. The van der Waals surface area contributed by atoms with Crippen LogP contribution in [0, 0.1) is 0 Å². The monoisotopic (exact) mass is 452 g/mol. The van der Waals surface area contributed by atoms with Crippen molar-refractivity contribution >= 4 is 34.4 Å². The Bertz CT molecular complexity index is 1390. The molecule has 5 rings (SSSR count). The number of carbonyl (C=O) groups excluding carboxylic acids is 2. The Morgan fingerprint density at radius 1 is 1.00 bits per heavy atom. The van der Waals surface area contributed by atoms with Gasteiger partial charge in [-0.3, -0.25) is 4.79 Å². The first-order chi connectivity index (χ1) is 16.5. The smallest absolute Gasteiger partial charge is 0.340 e. The van der Waals surface area contributed by atoms with Crippen molar-refractivity contribution in [2.24, 2.45) is 0 Å². The number of hydrogen-bond acceptors (Lipinski definition) is 5. The summed E-state index contributed by atoms with van der Waals surface area (Å²) in [6, 6.07) is 20.3. The normalized spacial score (nSPS) is 14.7. The molecule has 0 aliphatic heterocycles. The summed E-state index contributed by atoms with van der Waals surface area (Å²) in [7, 11) is 3.30. The van der Waals surface area contributed by atoms with E-state index in [1.54, 1.807) is 32.5 Å². The van der Waals surface area contributed by atoms with E-state index in [1.807, 2.05) is 60.7 Å². The molecule has 1 atom stereocenters. The Morgan fingerprint density at radius 2 is 1.76 bits per heavy atom. The van der Waals surface area contributed by atoms with E-state index < -0.39 is 12.1 Å². The minimum absolute atomic E-state index is 0.298. The molecule has 0 radical (unpaired) electrons. The molecule has 6 nitrogen and oxygen atoms in total. The van der Waals surface area contributed by atoms with E-state index in [9.17, 15) is 9.59 Å². The highest BCUT2D eigenvalue weighted by atomic mass is 16.5. The molecule has 6 heteroatoms. The third-order valence-electron chi connectivity index (χ3n) is 6.00. The van der Waals surface area contributed by atoms with Gasteiger partial charge in [-0.1, -0.05) is 48.5 Å². The van der Waals surface area contributed by atoms with Crippen LogP contribution < -0.4 is 0 Å². The standard InChI is InChI=1S/C28H24N2O4/c1-30(2)27(31)26(18-9-4-3-5-10-18)34-28(32)24-21-12-6-7-13-23(21)29-25-19(14-15-22(24)25)17-20-11-8-16-33-20/h3-13,16-17,26H,14-15H2,1-2H3/b19-17+. The van der Waals surface area contributed by atoms with Gasteiger partial charge in [0, 0.05) is 25.0 Å². The topological polar surface area (TPSA) is 72.6 Å². The van der Waals surface area contributed by atoms with Crippen LogP contribution in [0.25, 0.3) is 22.6 Å². The van der Waals surface area contributed by atoms with Gasteiger partial charge in [-0.05, 0) is 48.3 Å². The predicted molar refractivity (Wildman–Crippen MR) is 130 cm³/mol. The zero-order valence-electron chi connectivity index (χ0n) is 19.0. The summed E-state index contributed by atoms with van der Waals surface area (Å²) in [5.41, 5.74) is 4.42. The number of nitrogens with zero attached hydrogens (tertiary/aromatic N) is 2. The van der Waals surface area contributed by atoms with Gasteiger partial charge in [0.15, 0.2) is 0 Å². The molecule has 170 valence electrons. The van der Waals surface area contributed by atoms with Crippen molar-refractivity contribution in [1.82, 2.24) is 9.88 Å². The fourth-order valence-electron chi connectivity index (χ4n) is 4.35. The fourth-order valence-corrected chi connectivity index (χ4v) is 4.35. The van der Waals surface area contributed by atoms with Crippen molar-refractivity contribution in [2.45, 2.75) is 18.9 Å². The Balaban J connectivity index is 1.61. The molecule has 0 saturated heterocycles. The van der Waals surface area contributed by atoms with Gasteiger partial charge in [-0.25, -0.2) is 9.78 Å². The first-order valence-electron chi connectivity index (χ1n) is 11.2. The highest BCUT2D eigenvalue weighted by Gasteiger charge is 2.32. The van der Waals surface area contributed by atoms with Crippen LogP contribution in [0.3, 0.4) is 0 Å². The lowest BCUT2D eigenvalue weighted by molar-refractivity contribution is -0.138. The Hall–Kier alpha value is -4.19. The molecule has 1 amide bonds. The van der Waals surface area contributed by atoms with Crippen molar-refractivity contribution in [3.05, 3.63) is 101 Å². The van der Waals surface area contributed by atoms with E-state index in [2.05, 4.69) is 0 Å². The number of allylic oxidation sites excluding steroid dienone is 1. The second-order valence-corrected chi connectivity index (χ2v) is 8.44. The van der Waals surface area contributed by atoms with Gasteiger partial charge < -0.3 is 14.1 Å². The van der Waals surface area contributed by atoms with Crippen LogP contribution in [0.5, 0.6) is 0 Å². The Morgan fingerprint density at radius 3 is 2.50 bits per heavy atom. The van der Waals surface area contributed by atoms with Gasteiger partial charge in [0.2, 0.25) is 6.10 Å². The van der Waals surface area contributed by atoms with Crippen LogP contribution in [0.4, 0.5) is 0 Å². The Labute approximate surface area is 197 Å². The molecule has 34 heavy (non-hydrogen) atoms. The second kappa shape index (κ2) is 8.98. The number of carbonyl (C=O) groups is 2. The molecule has 0 saturated carbocycles. The van der Waals surface area contributed by atoms with Gasteiger partial charge in [-0.2, -0.15) is 0 Å². The Kier molecular flexibility index (Phi) is 5.72. The van der Waals surface area contributed by atoms with E-state index >= 15 is 0 Å². The lowest BCUT2D eigenvalue weighted by atomic mass is 10.0. The van der Waals surface area contributed by atoms with Gasteiger partial charge >= 0.3 is 5.97 Å². The number of hydrogen-bond donors (Lipinski definition) is 0. The zero-order chi connectivity index (χ0) is 23.7. The summed E-state index contributed by atoms with van der Waals surface area (Å²) >= 11 is 0. The van der Waals surface area contributed by atoms with Crippen molar-refractivity contribution < 1.29 is 18.7 Å². The van der Waals surface area contributed by atoms with Crippen molar-refractivity contribution in [1.29, 1.82) is 0 Å². The summed E-state index contributed by atoms with van der Waals surface area (Å²) in [6.45, 7) is 0. The lowest BCUT2D eigenvalue weighted by Crippen LogP contribution is -2.31.